The lowest BCUT2D eigenvalue weighted by atomic mass is 10.0. The fourth-order valence-corrected chi connectivity index (χ4v) is 3.00. The van der Waals surface area contributed by atoms with E-state index in [-0.39, 0.29) is 23.6 Å². The van der Waals surface area contributed by atoms with E-state index in [1.165, 1.54) is 12.1 Å². The van der Waals surface area contributed by atoms with Crippen molar-refractivity contribution in [1.29, 1.82) is 0 Å². The van der Waals surface area contributed by atoms with Crippen LogP contribution in [-0.2, 0) is 9.59 Å². The van der Waals surface area contributed by atoms with Crippen LogP contribution >= 0.6 is 15.9 Å². The number of barbiturate groups is 1. The predicted octanol–water partition coefficient (Wildman–Crippen LogP) is 3.13. The van der Waals surface area contributed by atoms with Crippen molar-refractivity contribution >= 4 is 51.2 Å². The lowest BCUT2D eigenvalue weighted by molar-refractivity contribution is -0.385. The van der Waals surface area contributed by atoms with E-state index in [0.717, 1.165) is 23.1 Å². The Morgan fingerprint density at radius 2 is 1.90 bits per heavy atom. The molecular formula is C19H14BrN3O7. The summed E-state index contributed by atoms with van der Waals surface area (Å²) in [6, 6.07) is 7.28. The van der Waals surface area contributed by atoms with Crippen LogP contribution in [0.4, 0.5) is 16.2 Å². The molecule has 0 atom stereocenters. The van der Waals surface area contributed by atoms with Gasteiger partial charge in [0.15, 0.2) is 11.5 Å². The van der Waals surface area contributed by atoms with Gasteiger partial charge in [-0.15, -0.1) is 0 Å². The molecule has 0 radical (unpaired) electrons. The van der Waals surface area contributed by atoms with Crippen molar-refractivity contribution in [3.63, 3.8) is 0 Å². The first-order valence-electron chi connectivity index (χ1n) is 8.54. The van der Waals surface area contributed by atoms with Gasteiger partial charge in [0.05, 0.1) is 23.3 Å². The van der Waals surface area contributed by atoms with E-state index in [9.17, 15) is 29.6 Å². The van der Waals surface area contributed by atoms with Gasteiger partial charge in [-0.1, -0.05) is 15.9 Å². The summed E-state index contributed by atoms with van der Waals surface area (Å²) in [6.45, 7) is 1.74. The average Bonchev–Trinajstić information content (AvgIpc) is 2.69. The molecule has 0 spiro atoms. The Morgan fingerprint density at radius 1 is 1.23 bits per heavy atom. The Bertz CT molecular complexity index is 1100. The smallest absolute Gasteiger partial charge is 0.335 e. The number of amides is 4. The number of urea groups is 1. The highest BCUT2D eigenvalue weighted by Crippen LogP contribution is 2.36. The minimum Gasteiger partial charge on any atom is -0.504 e. The molecule has 1 heterocycles. The number of aromatic hydroxyl groups is 1. The van der Waals surface area contributed by atoms with Gasteiger partial charge in [0.25, 0.3) is 17.5 Å². The Labute approximate surface area is 178 Å². The summed E-state index contributed by atoms with van der Waals surface area (Å²) in [5, 5.41) is 23.6. The fraction of sp³-hybridized carbons (Fsp3) is 0.105. The van der Waals surface area contributed by atoms with Crippen LogP contribution in [0.5, 0.6) is 11.5 Å². The Hall–Kier alpha value is -3.73. The van der Waals surface area contributed by atoms with Gasteiger partial charge in [-0.3, -0.25) is 25.0 Å². The number of phenols is 1. The number of nitro benzene ring substituents is 1. The number of nitrogens with zero attached hydrogens (tertiary/aromatic N) is 2. The largest absolute Gasteiger partial charge is 0.504 e. The molecule has 3 rings (SSSR count). The average molecular weight is 476 g/mol. The molecule has 11 heteroatoms. The van der Waals surface area contributed by atoms with E-state index >= 15 is 0 Å². The monoisotopic (exact) mass is 475 g/mol. The van der Waals surface area contributed by atoms with E-state index in [1.54, 1.807) is 19.1 Å². The molecule has 154 valence electrons. The van der Waals surface area contributed by atoms with Crippen LogP contribution < -0.4 is 15.0 Å². The highest BCUT2D eigenvalue weighted by molar-refractivity contribution is 9.10. The van der Waals surface area contributed by atoms with Crippen LogP contribution in [0.3, 0.4) is 0 Å². The number of imide groups is 2. The summed E-state index contributed by atoms with van der Waals surface area (Å²) >= 11 is 3.25. The molecule has 2 aromatic carbocycles. The quantitative estimate of drug-likeness (QED) is 0.293. The minimum absolute atomic E-state index is 0.121. The molecule has 1 aliphatic rings. The van der Waals surface area contributed by atoms with Crippen molar-refractivity contribution < 1.29 is 29.2 Å². The number of phenolic OH excluding ortho intramolecular Hbond substituents is 1. The molecule has 10 nitrogen and oxygen atoms in total. The third kappa shape index (κ3) is 4.01. The summed E-state index contributed by atoms with van der Waals surface area (Å²) in [5.41, 5.74) is -0.878. The van der Waals surface area contributed by atoms with Crippen LogP contribution in [0.25, 0.3) is 6.08 Å². The standard InChI is InChI=1S/C19H14BrN3O7/c1-2-30-15-9-13(23(28)29)7-10(16(15)24)8-14-17(25)21-19(27)22(18(14)26)12-5-3-11(20)4-6-12/h3-9,24H,2H2,1H3,(H,21,25,27)/b14-8+. The van der Waals surface area contributed by atoms with Gasteiger partial charge in [-0.05, 0) is 37.3 Å². The van der Waals surface area contributed by atoms with E-state index in [4.69, 9.17) is 4.74 Å². The number of nitrogens with one attached hydrogen (secondary N) is 1. The third-order valence-corrected chi connectivity index (χ3v) is 4.61. The normalized spacial score (nSPS) is 15.3. The first kappa shape index (κ1) is 21.0. The number of halogens is 1. The maximum Gasteiger partial charge on any atom is 0.335 e. The van der Waals surface area contributed by atoms with Crippen LogP contribution in [0.1, 0.15) is 12.5 Å². The van der Waals surface area contributed by atoms with E-state index in [2.05, 4.69) is 15.9 Å². The SMILES string of the molecule is CCOc1cc([N+](=O)[O-])cc(/C=C2\C(=O)NC(=O)N(c3ccc(Br)cc3)C2=O)c1O. The summed E-state index contributed by atoms with van der Waals surface area (Å²) in [6.07, 6.45) is 0.973. The summed E-state index contributed by atoms with van der Waals surface area (Å²) in [7, 11) is 0. The highest BCUT2D eigenvalue weighted by atomic mass is 79.9. The zero-order valence-corrected chi connectivity index (χ0v) is 17.0. The zero-order valence-electron chi connectivity index (χ0n) is 15.4. The van der Waals surface area contributed by atoms with Gasteiger partial charge in [-0.2, -0.15) is 0 Å². The Morgan fingerprint density at radius 3 is 2.50 bits per heavy atom. The third-order valence-electron chi connectivity index (χ3n) is 4.09. The summed E-state index contributed by atoms with van der Waals surface area (Å²) in [5.74, 6) is -2.61. The number of non-ortho nitro benzene ring substituents is 1. The van der Waals surface area contributed by atoms with Gasteiger partial charge in [0.2, 0.25) is 0 Å². The maximum atomic E-state index is 12.9. The number of ether oxygens (including phenoxy) is 1. The molecule has 1 saturated heterocycles. The van der Waals surface area contributed by atoms with Crippen LogP contribution in [0.15, 0.2) is 46.4 Å². The van der Waals surface area contributed by atoms with Crippen molar-refractivity contribution in [2.24, 2.45) is 0 Å². The number of hydrogen-bond acceptors (Lipinski definition) is 7. The molecule has 0 bridgehead atoms. The number of rotatable bonds is 5. The molecule has 2 N–H and O–H groups in total. The number of anilines is 1. The van der Waals surface area contributed by atoms with E-state index in [0.29, 0.717) is 4.47 Å². The molecule has 0 aliphatic carbocycles. The molecule has 0 saturated carbocycles. The Balaban J connectivity index is 2.10. The lowest BCUT2D eigenvalue weighted by Gasteiger charge is -2.26. The molecule has 2 aromatic rings. The van der Waals surface area contributed by atoms with Gasteiger partial charge >= 0.3 is 6.03 Å². The van der Waals surface area contributed by atoms with Crippen molar-refractivity contribution in [2.45, 2.75) is 6.92 Å². The second-order valence-electron chi connectivity index (χ2n) is 6.01. The highest BCUT2D eigenvalue weighted by Gasteiger charge is 2.37. The number of carbonyl (C=O) groups is 3. The van der Waals surface area contributed by atoms with Crippen molar-refractivity contribution in [3.05, 3.63) is 62.1 Å². The lowest BCUT2D eigenvalue weighted by Crippen LogP contribution is -2.54. The number of carbonyl (C=O) groups excluding carboxylic acids is 3. The van der Waals surface area contributed by atoms with Crippen LogP contribution in [-0.4, -0.2) is 34.5 Å². The molecule has 30 heavy (non-hydrogen) atoms. The molecule has 1 aliphatic heterocycles. The topological polar surface area (TPSA) is 139 Å². The molecule has 1 fully saturated rings. The van der Waals surface area contributed by atoms with E-state index < -0.39 is 39.8 Å². The second-order valence-corrected chi connectivity index (χ2v) is 6.92. The zero-order chi connectivity index (χ0) is 22.0. The van der Waals surface area contributed by atoms with Crippen molar-refractivity contribution in [1.82, 2.24) is 5.32 Å². The molecular weight excluding hydrogens is 462 g/mol. The van der Waals surface area contributed by atoms with Crippen LogP contribution in [0, 0.1) is 10.1 Å². The predicted molar refractivity (Wildman–Crippen MR) is 109 cm³/mol. The van der Waals surface area contributed by atoms with Crippen molar-refractivity contribution in [2.75, 3.05) is 11.5 Å². The summed E-state index contributed by atoms with van der Waals surface area (Å²) < 4.78 is 5.91. The van der Waals surface area contributed by atoms with E-state index in [1.807, 2.05) is 5.32 Å². The van der Waals surface area contributed by atoms with Crippen molar-refractivity contribution in [3.8, 4) is 11.5 Å². The Kier molecular flexibility index (Phi) is 5.83. The molecule has 0 unspecified atom stereocenters. The van der Waals surface area contributed by atoms with Gasteiger partial charge < -0.3 is 9.84 Å². The van der Waals surface area contributed by atoms with Gasteiger partial charge in [0.1, 0.15) is 5.57 Å². The van der Waals surface area contributed by atoms with Crippen LogP contribution in [0.2, 0.25) is 0 Å². The van der Waals surface area contributed by atoms with Gasteiger partial charge in [-0.25, -0.2) is 9.69 Å². The minimum atomic E-state index is -0.998. The maximum absolute atomic E-state index is 12.9. The molecule has 0 aromatic heterocycles. The first-order valence-corrected chi connectivity index (χ1v) is 9.33. The van der Waals surface area contributed by atoms with Gasteiger partial charge in [0, 0.05) is 16.1 Å². The first-order chi connectivity index (χ1) is 14.2. The fourth-order valence-electron chi connectivity index (χ4n) is 2.73. The second kappa shape index (κ2) is 8.33. The summed E-state index contributed by atoms with van der Waals surface area (Å²) in [4.78, 5) is 48.6. The number of benzene rings is 2. The number of nitro groups is 1. The number of hydrogen-bond donors (Lipinski definition) is 2. The molecule has 4 amide bonds.